The van der Waals surface area contributed by atoms with Gasteiger partial charge in [0, 0.05) is 5.56 Å². The summed E-state index contributed by atoms with van der Waals surface area (Å²) in [4.78, 5) is 12.4. The largest absolute Gasteiger partial charge is 0.416 e. The molecule has 24 heavy (non-hydrogen) atoms. The lowest BCUT2D eigenvalue weighted by molar-refractivity contribution is -0.138. The lowest BCUT2D eigenvalue weighted by atomic mass is 9.87. The first-order valence-electron chi connectivity index (χ1n) is 6.91. The average Bonchev–Trinajstić information content (AvgIpc) is 2.51. The van der Waals surface area contributed by atoms with Crippen LogP contribution >= 0.6 is 0 Å². The molecule has 0 aliphatic carbocycles. The van der Waals surface area contributed by atoms with Crippen molar-refractivity contribution < 1.29 is 31.1 Å². The Bertz CT molecular complexity index is 686. The van der Waals surface area contributed by atoms with Gasteiger partial charge in [-0.15, -0.1) is 0 Å². The maximum Gasteiger partial charge on any atom is 0.416 e. The smallest absolute Gasteiger partial charge is 0.293 e. The average molecular weight is 346 g/mol. The molecular weight excluding hydrogens is 334 g/mol. The molecular formula is C17H12F6O. The fourth-order valence-corrected chi connectivity index (χ4v) is 2.30. The van der Waals surface area contributed by atoms with E-state index in [1.54, 1.807) is 6.07 Å². The van der Waals surface area contributed by atoms with E-state index in [9.17, 15) is 31.1 Å². The summed E-state index contributed by atoms with van der Waals surface area (Å²) in [6.45, 7) is 0. The number of ketones is 1. The number of carbonyl (C=O) groups excluding carboxylic acids is 1. The predicted octanol–water partition coefficient (Wildman–Crippen LogP) is 5.62. The summed E-state index contributed by atoms with van der Waals surface area (Å²) in [6, 6.07) is 10.5. The molecule has 0 fully saturated rings. The van der Waals surface area contributed by atoms with Crippen LogP contribution in [0, 0.1) is 0 Å². The summed E-state index contributed by atoms with van der Waals surface area (Å²) < 4.78 is 76.1. The van der Waals surface area contributed by atoms with Crippen molar-refractivity contribution in [1.82, 2.24) is 0 Å². The normalized spacial score (nSPS) is 13.6. The quantitative estimate of drug-likeness (QED) is 0.518. The van der Waals surface area contributed by atoms with Crippen molar-refractivity contribution in [2.24, 2.45) is 0 Å². The summed E-state index contributed by atoms with van der Waals surface area (Å²) in [5, 5.41) is 0. The molecule has 0 amide bonds. The first-order chi connectivity index (χ1) is 11.1. The van der Waals surface area contributed by atoms with Gasteiger partial charge in [0.25, 0.3) is 0 Å². The minimum atomic E-state index is -4.63. The third-order valence-electron chi connectivity index (χ3n) is 3.45. The molecule has 0 saturated carbocycles. The zero-order valence-electron chi connectivity index (χ0n) is 12.2. The Kier molecular flexibility index (Phi) is 5.01. The molecule has 0 heterocycles. The van der Waals surface area contributed by atoms with Crippen LogP contribution in [0.15, 0.2) is 54.6 Å². The minimum absolute atomic E-state index is 0.0756. The summed E-state index contributed by atoms with van der Waals surface area (Å²) in [7, 11) is 0. The van der Waals surface area contributed by atoms with Crippen LogP contribution in [-0.2, 0) is 6.18 Å². The molecule has 0 saturated heterocycles. The van der Waals surface area contributed by atoms with Crippen LogP contribution in [0.1, 0.15) is 33.8 Å². The molecule has 0 spiro atoms. The van der Waals surface area contributed by atoms with Gasteiger partial charge in [0.15, 0.2) is 5.78 Å². The van der Waals surface area contributed by atoms with Crippen LogP contribution in [0.2, 0.25) is 0 Å². The first kappa shape index (κ1) is 18.0. The van der Waals surface area contributed by atoms with E-state index >= 15 is 0 Å². The summed E-state index contributed by atoms with van der Waals surface area (Å²) in [6.07, 6.45) is -10.7. The Balaban J connectivity index is 2.38. The lowest BCUT2D eigenvalue weighted by Gasteiger charge is -2.19. The van der Waals surface area contributed by atoms with Crippen LogP contribution in [0.5, 0.6) is 0 Å². The number of alkyl halides is 6. The molecule has 1 nitrogen and oxygen atoms in total. The Morgan fingerprint density at radius 2 is 1.38 bits per heavy atom. The number of hydrogen-bond acceptors (Lipinski definition) is 1. The second kappa shape index (κ2) is 6.67. The van der Waals surface area contributed by atoms with Gasteiger partial charge in [-0.25, -0.2) is 0 Å². The van der Waals surface area contributed by atoms with Gasteiger partial charge in [0.1, 0.15) is 0 Å². The highest BCUT2D eigenvalue weighted by Crippen LogP contribution is 2.35. The summed E-state index contributed by atoms with van der Waals surface area (Å²) in [5.74, 6) is -2.37. The molecule has 7 heteroatoms. The highest BCUT2D eigenvalue weighted by molar-refractivity contribution is 6.01. The Morgan fingerprint density at radius 1 is 0.833 bits per heavy atom. The van der Waals surface area contributed by atoms with Crippen LogP contribution in [-0.4, -0.2) is 12.0 Å². The second-order valence-corrected chi connectivity index (χ2v) is 5.22. The van der Waals surface area contributed by atoms with E-state index < -0.39 is 36.0 Å². The Morgan fingerprint density at radius 3 is 1.83 bits per heavy atom. The van der Waals surface area contributed by atoms with E-state index in [-0.39, 0.29) is 11.1 Å². The van der Waals surface area contributed by atoms with Gasteiger partial charge >= 0.3 is 12.4 Å². The highest BCUT2D eigenvalue weighted by atomic mass is 19.4. The number of benzene rings is 2. The number of carbonyl (C=O) groups is 1. The molecule has 1 atom stereocenters. The summed E-state index contributed by atoms with van der Waals surface area (Å²) >= 11 is 0. The SMILES string of the molecule is O=C(c1ccccc1)[C@H](CC(F)(F)F)c1ccc(C(F)(F)F)cc1. The topological polar surface area (TPSA) is 17.1 Å². The molecule has 2 rings (SSSR count). The summed E-state index contributed by atoms with van der Waals surface area (Å²) in [5.41, 5.74) is -1.01. The highest BCUT2D eigenvalue weighted by Gasteiger charge is 2.37. The van der Waals surface area contributed by atoms with Gasteiger partial charge < -0.3 is 0 Å². The number of rotatable bonds is 4. The van der Waals surface area contributed by atoms with Crippen molar-refractivity contribution >= 4 is 5.78 Å². The molecule has 0 bridgehead atoms. The maximum atomic E-state index is 12.8. The van der Waals surface area contributed by atoms with Gasteiger partial charge in [-0.1, -0.05) is 42.5 Å². The molecule has 0 radical (unpaired) electrons. The van der Waals surface area contributed by atoms with Crippen molar-refractivity contribution in [3.8, 4) is 0 Å². The van der Waals surface area contributed by atoms with E-state index in [4.69, 9.17) is 0 Å². The van der Waals surface area contributed by atoms with Gasteiger partial charge in [0.05, 0.1) is 17.9 Å². The van der Waals surface area contributed by atoms with E-state index in [0.717, 1.165) is 12.1 Å². The molecule has 0 N–H and O–H groups in total. The van der Waals surface area contributed by atoms with Crippen molar-refractivity contribution in [2.75, 3.05) is 0 Å². The van der Waals surface area contributed by atoms with Crippen LogP contribution < -0.4 is 0 Å². The van der Waals surface area contributed by atoms with Crippen LogP contribution in [0.3, 0.4) is 0 Å². The van der Waals surface area contributed by atoms with Crippen molar-refractivity contribution in [2.45, 2.75) is 24.7 Å². The first-order valence-corrected chi connectivity index (χ1v) is 6.91. The van der Waals surface area contributed by atoms with Gasteiger partial charge in [-0.05, 0) is 17.7 Å². The fraction of sp³-hybridized carbons (Fsp3) is 0.235. The molecule has 0 aromatic heterocycles. The van der Waals surface area contributed by atoms with Gasteiger partial charge in [-0.2, -0.15) is 26.3 Å². The lowest BCUT2D eigenvalue weighted by Crippen LogP contribution is -2.21. The molecule has 2 aromatic carbocycles. The van der Waals surface area contributed by atoms with Crippen LogP contribution in [0.4, 0.5) is 26.3 Å². The zero-order chi connectivity index (χ0) is 18.0. The third-order valence-corrected chi connectivity index (χ3v) is 3.45. The van der Waals surface area contributed by atoms with E-state index in [1.165, 1.54) is 24.3 Å². The minimum Gasteiger partial charge on any atom is -0.293 e. The number of hydrogen-bond donors (Lipinski definition) is 0. The monoisotopic (exact) mass is 346 g/mol. The van der Waals surface area contributed by atoms with E-state index in [0.29, 0.717) is 12.1 Å². The van der Waals surface area contributed by atoms with Crippen LogP contribution in [0.25, 0.3) is 0 Å². The van der Waals surface area contributed by atoms with Crippen molar-refractivity contribution in [1.29, 1.82) is 0 Å². The van der Waals surface area contributed by atoms with Crippen molar-refractivity contribution in [3.63, 3.8) is 0 Å². The van der Waals surface area contributed by atoms with Crippen molar-refractivity contribution in [3.05, 3.63) is 71.3 Å². The van der Waals surface area contributed by atoms with E-state index in [1.807, 2.05) is 0 Å². The number of Topliss-reactive ketones (excluding diaryl/α,β-unsaturated/α-hetero) is 1. The Labute approximate surface area is 133 Å². The Hall–Kier alpha value is -2.31. The van der Waals surface area contributed by atoms with Gasteiger partial charge in [-0.3, -0.25) is 4.79 Å². The fourth-order valence-electron chi connectivity index (χ4n) is 2.30. The molecule has 0 aliphatic heterocycles. The predicted molar refractivity (Wildman–Crippen MR) is 75.6 cm³/mol. The third kappa shape index (κ3) is 4.59. The zero-order valence-corrected chi connectivity index (χ0v) is 12.2. The van der Waals surface area contributed by atoms with E-state index in [2.05, 4.69) is 0 Å². The molecule has 128 valence electrons. The second-order valence-electron chi connectivity index (χ2n) is 5.22. The molecule has 0 aliphatic rings. The van der Waals surface area contributed by atoms with Gasteiger partial charge in [0.2, 0.25) is 0 Å². The number of halogens is 6. The maximum absolute atomic E-state index is 12.8. The standard InChI is InChI=1S/C17H12F6O/c18-16(19,20)10-14(15(24)12-4-2-1-3-5-12)11-6-8-13(9-7-11)17(21,22)23/h1-9,14H,10H2/t14-/m1/s1. The molecule has 0 unspecified atom stereocenters. The molecule has 2 aromatic rings.